The predicted octanol–water partition coefficient (Wildman–Crippen LogP) is 2.45. The lowest BCUT2D eigenvalue weighted by Gasteiger charge is -2.38. The zero-order chi connectivity index (χ0) is 13.1. The maximum absolute atomic E-state index is 5.67. The molecule has 1 aromatic rings. The SMILES string of the molecule is CC(C)N1CCC(N(C)Cc2cnc(N)s2)CC1.Cl. The first-order chi connectivity index (χ1) is 8.56. The standard InChI is InChI=1S/C13H24N4S.ClH/c1-10(2)17-6-4-11(5-7-17)16(3)9-12-8-15-13(14)18-12;/h8,10-11H,4-7,9H2,1-3H3,(H2,14,15);1H. The van der Waals surface area contributed by atoms with Gasteiger partial charge in [0.05, 0.1) is 0 Å². The highest BCUT2D eigenvalue weighted by Crippen LogP contribution is 2.21. The number of anilines is 1. The molecule has 6 heteroatoms. The zero-order valence-electron chi connectivity index (χ0n) is 12.0. The molecule has 0 atom stereocenters. The molecule has 19 heavy (non-hydrogen) atoms. The number of thiazole rings is 1. The molecule has 1 saturated heterocycles. The molecule has 0 unspecified atom stereocenters. The number of hydrogen-bond acceptors (Lipinski definition) is 5. The molecule has 2 heterocycles. The van der Waals surface area contributed by atoms with E-state index >= 15 is 0 Å². The smallest absolute Gasteiger partial charge is 0.180 e. The number of nitrogen functional groups attached to an aromatic ring is 1. The number of halogens is 1. The number of rotatable bonds is 4. The van der Waals surface area contributed by atoms with E-state index in [1.54, 1.807) is 11.3 Å². The van der Waals surface area contributed by atoms with Gasteiger partial charge in [-0.1, -0.05) is 0 Å². The summed E-state index contributed by atoms with van der Waals surface area (Å²) in [5.41, 5.74) is 5.67. The molecular formula is C13H25ClN4S. The van der Waals surface area contributed by atoms with Crippen molar-refractivity contribution in [2.24, 2.45) is 0 Å². The van der Waals surface area contributed by atoms with Crippen LogP contribution in [0.15, 0.2) is 6.20 Å². The topological polar surface area (TPSA) is 45.4 Å². The number of hydrogen-bond donors (Lipinski definition) is 1. The maximum atomic E-state index is 5.67. The number of nitrogens with zero attached hydrogens (tertiary/aromatic N) is 3. The average Bonchev–Trinajstić information content (AvgIpc) is 2.75. The van der Waals surface area contributed by atoms with Gasteiger partial charge in [-0.25, -0.2) is 4.98 Å². The van der Waals surface area contributed by atoms with Gasteiger partial charge in [0.15, 0.2) is 5.13 Å². The van der Waals surface area contributed by atoms with Crippen LogP contribution in [-0.4, -0.2) is 47.0 Å². The summed E-state index contributed by atoms with van der Waals surface area (Å²) in [6, 6.07) is 1.38. The quantitative estimate of drug-likeness (QED) is 0.928. The van der Waals surface area contributed by atoms with Gasteiger partial charge in [0.1, 0.15) is 0 Å². The second-order valence-electron chi connectivity index (χ2n) is 5.44. The summed E-state index contributed by atoms with van der Waals surface area (Å²) in [6.07, 6.45) is 4.44. The second kappa shape index (κ2) is 7.43. The van der Waals surface area contributed by atoms with Gasteiger partial charge in [-0.2, -0.15) is 0 Å². The molecule has 0 bridgehead atoms. The molecule has 1 fully saturated rings. The monoisotopic (exact) mass is 304 g/mol. The van der Waals surface area contributed by atoms with Crippen LogP contribution in [0.2, 0.25) is 0 Å². The minimum Gasteiger partial charge on any atom is -0.375 e. The zero-order valence-corrected chi connectivity index (χ0v) is 13.6. The summed E-state index contributed by atoms with van der Waals surface area (Å²) >= 11 is 1.60. The first kappa shape index (κ1) is 16.7. The van der Waals surface area contributed by atoms with Gasteiger partial charge in [0, 0.05) is 29.7 Å². The van der Waals surface area contributed by atoms with Crippen molar-refractivity contribution in [3.05, 3.63) is 11.1 Å². The van der Waals surface area contributed by atoms with Crippen LogP contribution in [-0.2, 0) is 6.54 Å². The van der Waals surface area contributed by atoms with Crippen molar-refractivity contribution < 1.29 is 0 Å². The van der Waals surface area contributed by atoms with Crippen LogP contribution in [0.4, 0.5) is 5.13 Å². The molecule has 110 valence electrons. The van der Waals surface area contributed by atoms with E-state index in [0.717, 1.165) is 6.54 Å². The molecule has 1 aromatic heterocycles. The lowest BCUT2D eigenvalue weighted by Crippen LogP contribution is -2.45. The Balaban J connectivity index is 0.00000180. The Kier molecular flexibility index (Phi) is 6.53. The van der Waals surface area contributed by atoms with E-state index in [4.69, 9.17) is 5.73 Å². The fraction of sp³-hybridized carbons (Fsp3) is 0.769. The molecule has 0 spiro atoms. The predicted molar refractivity (Wildman–Crippen MR) is 85.0 cm³/mol. The molecule has 1 aliphatic rings. The third-order valence-electron chi connectivity index (χ3n) is 3.83. The summed E-state index contributed by atoms with van der Waals surface area (Å²) in [7, 11) is 2.21. The van der Waals surface area contributed by atoms with E-state index < -0.39 is 0 Å². The van der Waals surface area contributed by atoms with E-state index in [9.17, 15) is 0 Å². The van der Waals surface area contributed by atoms with Crippen LogP contribution in [0.3, 0.4) is 0 Å². The van der Waals surface area contributed by atoms with Crippen molar-refractivity contribution in [1.82, 2.24) is 14.8 Å². The van der Waals surface area contributed by atoms with Crippen molar-refractivity contribution in [3.8, 4) is 0 Å². The second-order valence-corrected chi connectivity index (χ2v) is 6.59. The van der Waals surface area contributed by atoms with Crippen molar-refractivity contribution in [1.29, 1.82) is 0 Å². The number of likely N-dealkylation sites (tertiary alicyclic amines) is 1. The normalized spacial score (nSPS) is 17.9. The summed E-state index contributed by atoms with van der Waals surface area (Å²) in [5, 5.41) is 0.674. The van der Waals surface area contributed by atoms with E-state index in [-0.39, 0.29) is 12.4 Å². The number of aromatic nitrogens is 1. The highest BCUT2D eigenvalue weighted by molar-refractivity contribution is 7.15. The van der Waals surface area contributed by atoms with Crippen LogP contribution in [0, 0.1) is 0 Å². The Labute approximate surface area is 126 Å². The lowest BCUT2D eigenvalue weighted by atomic mass is 10.0. The van der Waals surface area contributed by atoms with Crippen LogP contribution in [0.5, 0.6) is 0 Å². The van der Waals surface area contributed by atoms with Crippen molar-refractivity contribution >= 4 is 28.9 Å². The third-order valence-corrected chi connectivity index (χ3v) is 4.64. The van der Waals surface area contributed by atoms with E-state index in [0.29, 0.717) is 17.2 Å². The van der Waals surface area contributed by atoms with Gasteiger partial charge >= 0.3 is 0 Å². The first-order valence-electron chi connectivity index (χ1n) is 6.70. The Morgan fingerprint density at radius 3 is 2.58 bits per heavy atom. The molecule has 1 aliphatic heterocycles. The molecule has 0 saturated carbocycles. The van der Waals surface area contributed by atoms with Gasteiger partial charge in [0.2, 0.25) is 0 Å². The van der Waals surface area contributed by atoms with Gasteiger partial charge < -0.3 is 10.6 Å². The molecule has 4 nitrogen and oxygen atoms in total. The highest BCUT2D eigenvalue weighted by Gasteiger charge is 2.23. The minimum absolute atomic E-state index is 0. The molecule has 0 radical (unpaired) electrons. The maximum Gasteiger partial charge on any atom is 0.180 e. The minimum atomic E-state index is 0. The Morgan fingerprint density at radius 2 is 2.11 bits per heavy atom. The summed E-state index contributed by atoms with van der Waals surface area (Å²) in [6.45, 7) is 7.98. The summed E-state index contributed by atoms with van der Waals surface area (Å²) in [5.74, 6) is 0. The molecular weight excluding hydrogens is 280 g/mol. The van der Waals surface area contributed by atoms with Crippen molar-refractivity contribution in [3.63, 3.8) is 0 Å². The van der Waals surface area contributed by atoms with Gasteiger partial charge in [0.25, 0.3) is 0 Å². The van der Waals surface area contributed by atoms with E-state index in [1.807, 2.05) is 6.20 Å². The van der Waals surface area contributed by atoms with Crippen LogP contribution >= 0.6 is 23.7 Å². The average molecular weight is 305 g/mol. The van der Waals surface area contributed by atoms with E-state index in [2.05, 4.69) is 35.7 Å². The van der Waals surface area contributed by atoms with Gasteiger partial charge in [-0.3, -0.25) is 4.90 Å². The van der Waals surface area contributed by atoms with Crippen LogP contribution < -0.4 is 5.73 Å². The Morgan fingerprint density at radius 1 is 1.47 bits per heavy atom. The number of piperidine rings is 1. The van der Waals surface area contributed by atoms with E-state index in [1.165, 1.54) is 30.8 Å². The Hall–Kier alpha value is -0.360. The molecule has 2 N–H and O–H groups in total. The molecule has 0 aromatic carbocycles. The third kappa shape index (κ3) is 4.60. The largest absolute Gasteiger partial charge is 0.375 e. The van der Waals surface area contributed by atoms with Crippen LogP contribution in [0.25, 0.3) is 0 Å². The van der Waals surface area contributed by atoms with Crippen molar-refractivity contribution in [2.75, 3.05) is 25.9 Å². The first-order valence-corrected chi connectivity index (χ1v) is 7.52. The van der Waals surface area contributed by atoms with Gasteiger partial charge in [-0.05, 0) is 46.8 Å². The lowest BCUT2D eigenvalue weighted by molar-refractivity contribution is 0.105. The highest BCUT2D eigenvalue weighted by atomic mass is 35.5. The fourth-order valence-corrected chi connectivity index (χ4v) is 3.36. The molecule has 0 amide bonds. The molecule has 2 rings (SSSR count). The fourth-order valence-electron chi connectivity index (χ4n) is 2.61. The number of nitrogens with two attached hydrogens (primary N) is 1. The Bertz CT molecular complexity index is 374. The summed E-state index contributed by atoms with van der Waals surface area (Å²) < 4.78 is 0. The van der Waals surface area contributed by atoms with Crippen LogP contribution in [0.1, 0.15) is 31.6 Å². The summed E-state index contributed by atoms with van der Waals surface area (Å²) in [4.78, 5) is 10.4. The molecule has 0 aliphatic carbocycles. The van der Waals surface area contributed by atoms with Crippen molar-refractivity contribution in [2.45, 2.75) is 45.3 Å². The van der Waals surface area contributed by atoms with Gasteiger partial charge in [-0.15, -0.1) is 23.7 Å².